The average molecular weight is 331 g/mol. The second-order valence-electron chi connectivity index (χ2n) is 3.81. The molecule has 0 spiro atoms. The smallest absolute Gasteiger partial charge is 0.0898 e. The molecular formula is C12H15BrN2S2. The molecule has 0 aliphatic carbocycles. The maximum atomic E-state index is 4.60. The third-order valence-electron chi connectivity index (χ3n) is 2.44. The Bertz CT molecular complexity index is 478. The topological polar surface area (TPSA) is 24.9 Å². The summed E-state index contributed by atoms with van der Waals surface area (Å²) in [7, 11) is 0. The number of thiazole rings is 1. The molecule has 1 atom stereocenters. The summed E-state index contributed by atoms with van der Waals surface area (Å²) in [5, 5.41) is 8.95. The van der Waals surface area contributed by atoms with Crippen LogP contribution in [0.15, 0.2) is 21.3 Å². The van der Waals surface area contributed by atoms with E-state index in [2.05, 4.69) is 56.9 Å². The van der Waals surface area contributed by atoms with Crippen molar-refractivity contribution in [1.29, 1.82) is 0 Å². The zero-order valence-corrected chi connectivity index (χ0v) is 13.1. The third kappa shape index (κ3) is 3.16. The van der Waals surface area contributed by atoms with Gasteiger partial charge >= 0.3 is 0 Å². The molecule has 2 nitrogen and oxygen atoms in total. The highest BCUT2D eigenvalue weighted by atomic mass is 79.9. The zero-order chi connectivity index (χ0) is 12.3. The van der Waals surface area contributed by atoms with Crippen molar-refractivity contribution in [1.82, 2.24) is 10.3 Å². The largest absolute Gasteiger partial charge is 0.304 e. The van der Waals surface area contributed by atoms with Crippen molar-refractivity contribution in [3.8, 4) is 0 Å². The molecule has 0 fully saturated rings. The van der Waals surface area contributed by atoms with Gasteiger partial charge in [0.2, 0.25) is 0 Å². The van der Waals surface area contributed by atoms with Crippen LogP contribution in [0.3, 0.4) is 0 Å². The van der Waals surface area contributed by atoms with E-state index in [0.717, 1.165) is 23.7 Å². The molecule has 2 heterocycles. The van der Waals surface area contributed by atoms with E-state index in [-0.39, 0.29) is 6.04 Å². The summed E-state index contributed by atoms with van der Waals surface area (Å²) >= 11 is 7.08. The van der Waals surface area contributed by atoms with Gasteiger partial charge in [-0.3, -0.25) is 0 Å². The predicted octanol–water partition coefficient (Wildman–Crippen LogP) is 4.36. The minimum Gasteiger partial charge on any atom is -0.304 e. The minimum absolute atomic E-state index is 0.217. The van der Waals surface area contributed by atoms with Crippen LogP contribution < -0.4 is 5.32 Å². The molecule has 2 aromatic rings. The lowest BCUT2D eigenvalue weighted by atomic mass is 10.2. The summed E-state index contributed by atoms with van der Waals surface area (Å²) in [6.07, 6.45) is 1.13. The number of halogens is 1. The molecule has 2 aromatic heterocycles. The number of hydrogen-bond acceptors (Lipinski definition) is 4. The van der Waals surface area contributed by atoms with Gasteiger partial charge in [0.15, 0.2) is 0 Å². The molecule has 5 heteroatoms. The maximum absolute atomic E-state index is 4.60. The maximum Gasteiger partial charge on any atom is 0.0898 e. The van der Waals surface area contributed by atoms with E-state index < -0.39 is 0 Å². The van der Waals surface area contributed by atoms with Gasteiger partial charge in [0.1, 0.15) is 0 Å². The molecule has 92 valence electrons. The van der Waals surface area contributed by atoms with Gasteiger partial charge in [-0.25, -0.2) is 4.98 Å². The molecular weight excluding hydrogens is 316 g/mol. The number of nitrogens with one attached hydrogen (secondary N) is 1. The number of aromatic nitrogens is 1. The second-order valence-corrected chi connectivity index (χ2v) is 6.68. The van der Waals surface area contributed by atoms with Gasteiger partial charge < -0.3 is 5.32 Å². The van der Waals surface area contributed by atoms with Gasteiger partial charge in [0.25, 0.3) is 0 Å². The molecule has 0 saturated heterocycles. The highest BCUT2D eigenvalue weighted by molar-refractivity contribution is 9.10. The van der Waals surface area contributed by atoms with Gasteiger partial charge in [0.05, 0.1) is 16.7 Å². The first-order valence-corrected chi connectivity index (χ1v) is 8.16. The molecule has 0 bridgehead atoms. The van der Waals surface area contributed by atoms with Crippen molar-refractivity contribution in [3.63, 3.8) is 0 Å². The van der Waals surface area contributed by atoms with Gasteiger partial charge in [-0.05, 0) is 47.3 Å². The van der Waals surface area contributed by atoms with E-state index in [9.17, 15) is 0 Å². The van der Waals surface area contributed by atoms with E-state index in [0.29, 0.717) is 0 Å². The summed E-state index contributed by atoms with van der Waals surface area (Å²) in [6, 6.07) is 2.31. The van der Waals surface area contributed by atoms with Crippen LogP contribution in [0.2, 0.25) is 0 Å². The number of hydrogen-bond donors (Lipinski definition) is 1. The van der Waals surface area contributed by atoms with Crippen LogP contribution in [0.4, 0.5) is 0 Å². The second kappa shape index (κ2) is 6.09. The number of rotatable bonds is 5. The first-order valence-electron chi connectivity index (χ1n) is 5.60. The van der Waals surface area contributed by atoms with Gasteiger partial charge in [-0.15, -0.1) is 22.7 Å². The summed E-state index contributed by atoms with van der Waals surface area (Å²) in [6.45, 7) is 5.24. The molecule has 0 aliphatic heterocycles. The van der Waals surface area contributed by atoms with Crippen molar-refractivity contribution >= 4 is 38.6 Å². The van der Waals surface area contributed by atoms with E-state index in [1.807, 2.05) is 0 Å². The quantitative estimate of drug-likeness (QED) is 0.880. The standard InChI is InChI=1S/C12H15BrN2S2/c1-3-5-14-11(10-7-17-8(2)15-10)12-9(13)4-6-16-12/h4,6-7,11,14H,3,5H2,1-2H3. The lowest BCUT2D eigenvalue weighted by Crippen LogP contribution is -2.23. The highest BCUT2D eigenvalue weighted by Gasteiger charge is 2.19. The van der Waals surface area contributed by atoms with Crippen LogP contribution in [0, 0.1) is 6.92 Å². The Morgan fingerprint density at radius 1 is 1.47 bits per heavy atom. The minimum atomic E-state index is 0.217. The Morgan fingerprint density at radius 2 is 2.29 bits per heavy atom. The summed E-state index contributed by atoms with van der Waals surface area (Å²) in [4.78, 5) is 5.91. The SMILES string of the molecule is CCCNC(c1csc(C)n1)c1sccc1Br. The van der Waals surface area contributed by atoms with Gasteiger partial charge in [-0.2, -0.15) is 0 Å². The molecule has 0 aromatic carbocycles. The van der Waals surface area contributed by atoms with Crippen molar-refractivity contribution in [2.75, 3.05) is 6.54 Å². The van der Waals surface area contributed by atoms with Crippen molar-refractivity contribution < 1.29 is 0 Å². The molecule has 17 heavy (non-hydrogen) atoms. The summed E-state index contributed by atoms with van der Waals surface area (Å²) < 4.78 is 1.17. The number of thiophene rings is 1. The fourth-order valence-corrected chi connectivity index (χ4v) is 3.97. The fourth-order valence-electron chi connectivity index (χ4n) is 1.64. The highest BCUT2D eigenvalue weighted by Crippen LogP contribution is 2.33. The van der Waals surface area contributed by atoms with Crippen molar-refractivity contribution in [2.45, 2.75) is 26.3 Å². The Hall–Kier alpha value is -0.230. The molecule has 2 rings (SSSR count). The Labute approximate surface area is 118 Å². The van der Waals surface area contributed by atoms with Crippen molar-refractivity contribution in [2.24, 2.45) is 0 Å². The van der Waals surface area contributed by atoms with E-state index in [1.54, 1.807) is 22.7 Å². The van der Waals surface area contributed by atoms with Crippen LogP contribution in [-0.4, -0.2) is 11.5 Å². The lowest BCUT2D eigenvalue weighted by molar-refractivity contribution is 0.594. The molecule has 0 saturated carbocycles. The zero-order valence-electron chi connectivity index (χ0n) is 9.87. The van der Waals surface area contributed by atoms with Gasteiger partial charge in [-0.1, -0.05) is 6.92 Å². The lowest BCUT2D eigenvalue weighted by Gasteiger charge is -2.15. The summed E-state index contributed by atoms with van der Waals surface area (Å²) in [5.41, 5.74) is 1.13. The van der Waals surface area contributed by atoms with Crippen LogP contribution >= 0.6 is 38.6 Å². The fraction of sp³-hybridized carbons (Fsp3) is 0.417. The Balaban J connectivity index is 2.28. The molecule has 1 unspecified atom stereocenters. The van der Waals surface area contributed by atoms with E-state index in [1.165, 1.54) is 9.35 Å². The van der Waals surface area contributed by atoms with Crippen LogP contribution in [-0.2, 0) is 0 Å². The first-order chi connectivity index (χ1) is 8.22. The molecule has 0 aliphatic rings. The number of nitrogens with zero attached hydrogens (tertiary/aromatic N) is 1. The third-order valence-corrected chi connectivity index (χ3v) is 5.17. The van der Waals surface area contributed by atoms with Crippen molar-refractivity contribution in [3.05, 3.63) is 36.9 Å². The molecule has 1 N–H and O–H groups in total. The predicted molar refractivity (Wildman–Crippen MR) is 79.0 cm³/mol. The van der Waals surface area contributed by atoms with Gasteiger partial charge in [0, 0.05) is 14.7 Å². The molecule has 0 amide bonds. The summed E-state index contributed by atoms with van der Waals surface area (Å²) in [5.74, 6) is 0. The van der Waals surface area contributed by atoms with Crippen LogP contribution in [0.1, 0.15) is 35.0 Å². The van der Waals surface area contributed by atoms with E-state index in [4.69, 9.17) is 0 Å². The first kappa shape index (κ1) is 13.2. The monoisotopic (exact) mass is 330 g/mol. The number of aryl methyl sites for hydroxylation is 1. The Morgan fingerprint density at radius 3 is 2.82 bits per heavy atom. The van der Waals surface area contributed by atoms with Crippen LogP contribution in [0.25, 0.3) is 0 Å². The average Bonchev–Trinajstić information content (AvgIpc) is 2.90. The normalized spacial score (nSPS) is 12.9. The Kier molecular flexibility index (Phi) is 4.73. The van der Waals surface area contributed by atoms with E-state index >= 15 is 0 Å². The van der Waals surface area contributed by atoms with Crippen LogP contribution in [0.5, 0.6) is 0 Å². The molecule has 0 radical (unpaired) electrons.